The standard InChI is InChI=1S/C10H15N5S2.ClH/c1-7-8(12-6-17-7)5-16-10-14-13-9(4-11-2)15(10)3;/h6,11H,4-5H2,1-3H3;1H. The molecule has 0 amide bonds. The Kier molecular flexibility index (Phi) is 6.07. The first-order valence-corrected chi connectivity index (χ1v) is 7.13. The predicted molar refractivity (Wildman–Crippen MR) is 77.4 cm³/mol. The van der Waals surface area contributed by atoms with Crippen LogP contribution in [0.25, 0.3) is 0 Å². The number of aromatic nitrogens is 4. The van der Waals surface area contributed by atoms with Crippen molar-refractivity contribution in [3.05, 3.63) is 21.9 Å². The highest BCUT2D eigenvalue weighted by atomic mass is 35.5. The van der Waals surface area contributed by atoms with Gasteiger partial charge in [0.25, 0.3) is 0 Å². The number of hydrogen-bond acceptors (Lipinski definition) is 6. The number of thiazole rings is 1. The maximum absolute atomic E-state index is 4.33. The Bertz CT molecular complexity index is 496. The van der Waals surface area contributed by atoms with Gasteiger partial charge in [-0.25, -0.2) is 4.98 Å². The van der Waals surface area contributed by atoms with Gasteiger partial charge in [-0.15, -0.1) is 33.9 Å². The quantitative estimate of drug-likeness (QED) is 0.857. The number of hydrogen-bond donors (Lipinski definition) is 1. The van der Waals surface area contributed by atoms with E-state index >= 15 is 0 Å². The third-order valence-corrected chi connectivity index (χ3v) is 4.27. The van der Waals surface area contributed by atoms with E-state index in [0.717, 1.165) is 29.0 Å². The Hall–Kier alpha value is -0.630. The smallest absolute Gasteiger partial charge is 0.191 e. The molecule has 0 aliphatic carbocycles. The molecule has 1 N–H and O–H groups in total. The van der Waals surface area contributed by atoms with Crippen LogP contribution in [0.5, 0.6) is 0 Å². The van der Waals surface area contributed by atoms with E-state index in [-0.39, 0.29) is 12.4 Å². The Labute approximate surface area is 121 Å². The monoisotopic (exact) mass is 305 g/mol. The number of aryl methyl sites for hydroxylation is 1. The van der Waals surface area contributed by atoms with Gasteiger partial charge in [-0.05, 0) is 14.0 Å². The number of rotatable bonds is 5. The Morgan fingerprint density at radius 1 is 1.44 bits per heavy atom. The SMILES string of the molecule is CNCc1nnc(SCc2ncsc2C)n1C.Cl. The van der Waals surface area contributed by atoms with Crippen molar-refractivity contribution in [2.24, 2.45) is 7.05 Å². The molecule has 0 unspecified atom stereocenters. The van der Waals surface area contributed by atoms with E-state index in [1.165, 1.54) is 4.88 Å². The molecule has 0 saturated carbocycles. The van der Waals surface area contributed by atoms with Crippen molar-refractivity contribution in [2.45, 2.75) is 24.4 Å². The van der Waals surface area contributed by atoms with Crippen LogP contribution >= 0.6 is 35.5 Å². The van der Waals surface area contributed by atoms with Gasteiger partial charge in [0.2, 0.25) is 0 Å². The molecule has 0 fully saturated rings. The summed E-state index contributed by atoms with van der Waals surface area (Å²) in [5, 5.41) is 12.3. The molecule has 0 aliphatic heterocycles. The van der Waals surface area contributed by atoms with Crippen LogP contribution in [0.3, 0.4) is 0 Å². The minimum absolute atomic E-state index is 0. The molecule has 0 spiro atoms. The second kappa shape index (κ2) is 7.08. The van der Waals surface area contributed by atoms with Gasteiger partial charge in [-0.3, -0.25) is 0 Å². The molecule has 2 aromatic heterocycles. The van der Waals surface area contributed by atoms with E-state index in [4.69, 9.17) is 0 Å². The van der Waals surface area contributed by atoms with Crippen LogP contribution in [0.15, 0.2) is 10.7 Å². The van der Waals surface area contributed by atoms with E-state index in [0.29, 0.717) is 0 Å². The van der Waals surface area contributed by atoms with Crippen molar-refractivity contribution in [3.63, 3.8) is 0 Å². The molecule has 18 heavy (non-hydrogen) atoms. The average molecular weight is 306 g/mol. The lowest BCUT2D eigenvalue weighted by molar-refractivity contribution is 0.682. The van der Waals surface area contributed by atoms with Crippen LogP contribution in [-0.4, -0.2) is 26.8 Å². The maximum Gasteiger partial charge on any atom is 0.191 e. The molecule has 100 valence electrons. The van der Waals surface area contributed by atoms with Crippen LogP contribution < -0.4 is 5.32 Å². The summed E-state index contributed by atoms with van der Waals surface area (Å²) in [6.45, 7) is 2.83. The van der Waals surface area contributed by atoms with Crippen LogP contribution in [0, 0.1) is 6.92 Å². The van der Waals surface area contributed by atoms with Crippen molar-refractivity contribution in [1.29, 1.82) is 0 Å². The van der Waals surface area contributed by atoms with E-state index in [2.05, 4.69) is 27.4 Å². The first-order chi connectivity index (χ1) is 8.22. The fourth-order valence-corrected chi connectivity index (χ4v) is 3.03. The Morgan fingerprint density at radius 2 is 2.22 bits per heavy atom. The summed E-state index contributed by atoms with van der Waals surface area (Å²) < 4.78 is 2.02. The molecule has 0 atom stereocenters. The lowest BCUT2D eigenvalue weighted by atomic mass is 10.4. The zero-order valence-electron chi connectivity index (χ0n) is 10.5. The fourth-order valence-electron chi connectivity index (χ4n) is 1.38. The highest BCUT2D eigenvalue weighted by molar-refractivity contribution is 7.98. The first kappa shape index (κ1) is 15.4. The third-order valence-electron chi connectivity index (χ3n) is 2.44. The summed E-state index contributed by atoms with van der Waals surface area (Å²) in [6, 6.07) is 0. The van der Waals surface area contributed by atoms with Crippen LogP contribution in [0.1, 0.15) is 16.4 Å². The number of nitrogens with zero attached hydrogens (tertiary/aromatic N) is 4. The second-order valence-corrected chi connectivity index (χ2v) is 5.63. The van der Waals surface area contributed by atoms with Crippen molar-refractivity contribution in [1.82, 2.24) is 25.1 Å². The van der Waals surface area contributed by atoms with Gasteiger partial charge in [-0.1, -0.05) is 11.8 Å². The molecule has 8 heteroatoms. The number of nitrogens with one attached hydrogen (secondary N) is 1. The minimum atomic E-state index is 0. The highest BCUT2D eigenvalue weighted by Gasteiger charge is 2.10. The largest absolute Gasteiger partial charge is 0.313 e. The maximum atomic E-state index is 4.33. The van der Waals surface area contributed by atoms with Gasteiger partial charge in [-0.2, -0.15) is 0 Å². The number of halogens is 1. The zero-order valence-corrected chi connectivity index (χ0v) is 13.0. The summed E-state index contributed by atoms with van der Waals surface area (Å²) in [5.41, 5.74) is 3.02. The summed E-state index contributed by atoms with van der Waals surface area (Å²) in [7, 11) is 3.89. The van der Waals surface area contributed by atoms with Crippen molar-refractivity contribution in [2.75, 3.05) is 7.05 Å². The van der Waals surface area contributed by atoms with Crippen molar-refractivity contribution < 1.29 is 0 Å². The predicted octanol–water partition coefficient (Wildman–Crippen LogP) is 2.01. The highest BCUT2D eigenvalue weighted by Crippen LogP contribution is 2.23. The first-order valence-electron chi connectivity index (χ1n) is 5.27. The lowest BCUT2D eigenvalue weighted by Gasteiger charge is -2.02. The van der Waals surface area contributed by atoms with Crippen molar-refractivity contribution >= 4 is 35.5 Å². The summed E-state index contributed by atoms with van der Waals surface area (Å²) in [4.78, 5) is 5.60. The molecule has 2 rings (SSSR count). The lowest BCUT2D eigenvalue weighted by Crippen LogP contribution is -2.10. The summed E-state index contributed by atoms with van der Waals surface area (Å²) in [5.74, 6) is 1.80. The topological polar surface area (TPSA) is 55.6 Å². The Balaban J connectivity index is 0.00000162. The van der Waals surface area contributed by atoms with E-state index in [1.807, 2.05) is 24.2 Å². The summed E-state index contributed by atoms with van der Waals surface area (Å²) in [6.07, 6.45) is 0. The molecule has 0 aromatic carbocycles. The normalized spacial score (nSPS) is 10.4. The molecule has 0 aliphatic rings. The number of thioether (sulfide) groups is 1. The molecule has 2 heterocycles. The molecule has 0 saturated heterocycles. The molecule has 0 radical (unpaired) electrons. The van der Waals surface area contributed by atoms with E-state index in [9.17, 15) is 0 Å². The fraction of sp³-hybridized carbons (Fsp3) is 0.500. The molecular weight excluding hydrogens is 290 g/mol. The third kappa shape index (κ3) is 3.44. The zero-order chi connectivity index (χ0) is 12.3. The van der Waals surface area contributed by atoms with E-state index < -0.39 is 0 Å². The average Bonchev–Trinajstić information content (AvgIpc) is 2.86. The summed E-state index contributed by atoms with van der Waals surface area (Å²) >= 11 is 3.35. The minimum Gasteiger partial charge on any atom is -0.313 e. The second-order valence-electron chi connectivity index (χ2n) is 3.63. The van der Waals surface area contributed by atoms with Gasteiger partial charge in [0, 0.05) is 17.7 Å². The van der Waals surface area contributed by atoms with Gasteiger partial charge in [0.15, 0.2) is 5.16 Å². The van der Waals surface area contributed by atoms with Gasteiger partial charge in [0.1, 0.15) is 5.82 Å². The van der Waals surface area contributed by atoms with Crippen molar-refractivity contribution in [3.8, 4) is 0 Å². The Morgan fingerprint density at radius 3 is 2.83 bits per heavy atom. The molecule has 2 aromatic rings. The van der Waals surface area contributed by atoms with Crippen LogP contribution in [0.4, 0.5) is 0 Å². The van der Waals surface area contributed by atoms with Crippen LogP contribution in [-0.2, 0) is 19.3 Å². The molecule has 5 nitrogen and oxygen atoms in total. The van der Waals surface area contributed by atoms with E-state index in [1.54, 1.807) is 23.1 Å². The molecular formula is C10H16ClN5S2. The van der Waals surface area contributed by atoms with Gasteiger partial charge < -0.3 is 9.88 Å². The van der Waals surface area contributed by atoms with Crippen LogP contribution in [0.2, 0.25) is 0 Å². The van der Waals surface area contributed by atoms with Gasteiger partial charge >= 0.3 is 0 Å². The van der Waals surface area contributed by atoms with Gasteiger partial charge in [0.05, 0.1) is 17.7 Å². The molecule has 0 bridgehead atoms.